The van der Waals surface area contributed by atoms with Gasteiger partial charge < -0.3 is 19.3 Å². The van der Waals surface area contributed by atoms with Gasteiger partial charge in [0.05, 0.1) is 22.3 Å². The van der Waals surface area contributed by atoms with Crippen molar-refractivity contribution in [3.05, 3.63) is 41.5 Å². The van der Waals surface area contributed by atoms with Gasteiger partial charge in [-0.25, -0.2) is 0 Å². The fourth-order valence-corrected chi connectivity index (χ4v) is 4.99. The minimum atomic E-state index is -3.01. The van der Waals surface area contributed by atoms with Crippen molar-refractivity contribution in [1.29, 1.82) is 0 Å². The molecule has 170 valence electrons. The van der Waals surface area contributed by atoms with E-state index in [2.05, 4.69) is 0 Å². The molecule has 1 atom stereocenters. The zero-order chi connectivity index (χ0) is 28.0. The second-order valence-corrected chi connectivity index (χ2v) is 8.83. The largest absolute Gasteiger partial charge is 0.493 e. The van der Waals surface area contributed by atoms with E-state index in [1.165, 1.54) is 12.1 Å². The standard InChI is InChI=1S/C26H30O6/c1-15(2)24(26(25(28)29)13-6-14-26)32-22-19(10-12-21(30-3)23(22)31-4)16-7-5-8-18-17(16)9-11-20(18)27/h5,7-8,10,12,15,24H,6,9,11,13-14H2,1-4H3,(H,28,29)/i3D3,4D3. The van der Waals surface area contributed by atoms with Crippen LogP contribution in [0.15, 0.2) is 30.3 Å². The SMILES string of the molecule is [2H]C([2H])([2H])Oc1ccc(-c2cccc3c2CCC3=O)c(OC(C(C)C)C2(C(=O)O)CCC2)c1OC([2H])([2H])[2H]. The molecule has 0 saturated heterocycles. The lowest BCUT2D eigenvalue weighted by atomic mass is 9.62. The lowest BCUT2D eigenvalue weighted by Gasteiger charge is -2.45. The number of fused-ring (bicyclic) bond motifs is 1. The van der Waals surface area contributed by atoms with Gasteiger partial charge in [-0.2, -0.15) is 0 Å². The van der Waals surface area contributed by atoms with E-state index in [0.717, 1.165) is 5.56 Å². The molecule has 0 aromatic heterocycles. The van der Waals surface area contributed by atoms with E-state index in [1.54, 1.807) is 32.0 Å². The molecule has 4 rings (SSSR count). The molecular weight excluding hydrogens is 408 g/mol. The summed E-state index contributed by atoms with van der Waals surface area (Å²) in [6, 6.07) is 7.97. The summed E-state index contributed by atoms with van der Waals surface area (Å²) < 4.78 is 62.8. The van der Waals surface area contributed by atoms with E-state index in [0.29, 0.717) is 48.8 Å². The Morgan fingerprint density at radius 3 is 2.41 bits per heavy atom. The number of carboxylic acids is 1. The molecule has 0 amide bonds. The second kappa shape index (κ2) is 8.49. The third-order valence-corrected chi connectivity index (χ3v) is 6.72. The molecule has 0 aliphatic heterocycles. The van der Waals surface area contributed by atoms with E-state index < -0.39 is 37.3 Å². The number of carboxylic acid groups (broad SMARTS) is 1. The normalized spacial score (nSPS) is 21.0. The average molecular weight is 445 g/mol. The fourth-order valence-electron chi connectivity index (χ4n) is 4.99. The molecule has 2 aliphatic carbocycles. The minimum Gasteiger partial charge on any atom is -0.493 e. The van der Waals surface area contributed by atoms with Crippen LogP contribution in [0.25, 0.3) is 11.1 Å². The minimum absolute atomic E-state index is 0.0232. The maximum absolute atomic E-state index is 12.4. The van der Waals surface area contributed by atoms with Gasteiger partial charge in [0.1, 0.15) is 11.5 Å². The number of ether oxygens (including phenoxy) is 3. The molecule has 6 heteroatoms. The van der Waals surface area contributed by atoms with Gasteiger partial charge in [0.2, 0.25) is 5.75 Å². The van der Waals surface area contributed by atoms with Crippen molar-refractivity contribution >= 4 is 11.8 Å². The van der Waals surface area contributed by atoms with Crippen molar-refractivity contribution in [3.8, 4) is 28.4 Å². The molecule has 0 radical (unpaired) electrons. The van der Waals surface area contributed by atoms with Gasteiger partial charge in [0, 0.05) is 17.5 Å². The van der Waals surface area contributed by atoms with Crippen molar-refractivity contribution in [2.75, 3.05) is 14.1 Å². The molecule has 2 aromatic rings. The van der Waals surface area contributed by atoms with Crippen LogP contribution in [0.1, 0.15) is 63.7 Å². The molecule has 32 heavy (non-hydrogen) atoms. The number of carbonyl (C=O) groups excluding carboxylic acids is 1. The molecule has 1 unspecified atom stereocenters. The van der Waals surface area contributed by atoms with Crippen LogP contribution in [0.4, 0.5) is 0 Å². The summed E-state index contributed by atoms with van der Waals surface area (Å²) in [5.74, 6) is -2.35. The molecule has 2 aliphatic rings. The first kappa shape index (κ1) is 15.7. The molecule has 0 bridgehead atoms. The fraction of sp³-hybridized carbons (Fsp3) is 0.462. The molecule has 1 fully saturated rings. The Hall–Kier alpha value is -3.02. The zero-order valence-electron chi connectivity index (χ0n) is 24.1. The van der Waals surface area contributed by atoms with Gasteiger partial charge in [-0.3, -0.25) is 9.59 Å². The monoisotopic (exact) mass is 444 g/mol. The maximum Gasteiger partial charge on any atom is 0.313 e. The Morgan fingerprint density at radius 2 is 1.78 bits per heavy atom. The number of methoxy groups -OCH3 is 2. The summed E-state index contributed by atoms with van der Waals surface area (Å²) in [4.78, 5) is 24.9. The number of ketones is 1. The highest BCUT2D eigenvalue weighted by Gasteiger charge is 2.53. The molecule has 0 spiro atoms. The summed E-state index contributed by atoms with van der Waals surface area (Å²) in [6.45, 7) is 3.61. The Morgan fingerprint density at radius 1 is 1.03 bits per heavy atom. The quantitative estimate of drug-likeness (QED) is 0.606. The number of hydrogen-bond acceptors (Lipinski definition) is 5. The smallest absolute Gasteiger partial charge is 0.313 e. The van der Waals surface area contributed by atoms with E-state index in [9.17, 15) is 14.7 Å². The molecule has 6 nitrogen and oxygen atoms in total. The van der Waals surface area contributed by atoms with E-state index in [4.69, 9.17) is 22.4 Å². The highest BCUT2D eigenvalue weighted by atomic mass is 16.5. The van der Waals surface area contributed by atoms with E-state index in [1.807, 2.05) is 0 Å². The van der Waals surface area contributed by atoms with Crippen LogP contribution in [-0.4, -0.2) is 37.0 Å². The third-order valence-electron chi connectivity index (χ3n) is 6.72. The van der Waals surface area contributed by atoms with Crippen LogP contribution in [-0.2, 0) is 11.2 Å². The van der Waals surface area contributed by atoms with Crippen LogP contribution in [0.3, 0.4) is 0 Å². The summed E-state index contributed by atoms with van der Waals surface area (Å²) in [5.41, 5.74) is 0.997. The highest BCUT2D eigenvalue weighted by Crippen LogP contribution is 2.52. The van der Waals surface area contributed by atoms with Crippen molar-refractivity contribution in [2.45, 2.75) is 52.1 Å². The van der Waals surface area contributed by atoms with Gasteiger partial charge in [0.25, 0.3) is 0 Å². The molecule has 1 N–H and O–H groups in total. The molecular formula is C26H30O6. The molecule has 1 saturated carbocycles. The van der Waals surface area contributed by atoms with Gasteiger partial charge in [-0.1, -0.05) is 38.5 Å². The average Bonchev–Trinajstić information content (AvgIpc) is 3.13. The van der Waals surface area contributed by atoms with E-state index in [-0.39, 0.29) is 23.2 Å². The number of hydrogen-bond donors (Lipinski definition) is 1. The number of aliphatic carboxylic acids is 1. The van der Waals surface area contributed by atoms with Gasteiger partial charge in [0.15, 0.2) is 17.3 Å². The zero-order valence-corrected chi connectivity index (χ0v) is 18.1. The van der Waals surface area contributed by atoms with Crippen LogP contribution < -0.4 is 14.2 Å². The Kier molecular flexibility index (Phi) is 4.17. The number of carbonyl (C=O) groups is 2. The molecule has 0 heterocycles. The summed E-state index contributed by atoms with van der Waals surface area (Å²) in [5, 5.41) is 10.1. The summed E-state index contributed by atoms with van der Waals surface area (Å²) in [7, 11) is -5.94. The third kappa shape index (κ3) is 3.42. The first-order valence-electron chi connectivity index (χ1n) is 13.7. The summed E-state index contributed by atoms with van der Waals surface area (Å²) >= 11 is 0. The molecule has 2 aromatic carbocycles. The predicted molar refractivity (Wildman–Crippen MR) is 121 cm³/mol. The number of benzene rings is 2. The first-order valence-corrected chi connectivity index (χ1v) is 10.7. The highest BCUT2D eigenvalue weighted by molar-refractivity contribution is 6.02. The Bertz CT molecular complexity index is 1250. The van der Waals surface area contributed by atoms with Crippen LogP contribution in [0.5, 0.6) is 17.2 Å². The van der Waals surface area contributed by atoms with E-state index >= 15 is 0 Å². The van der Waals surface area contributed by atoms with Gasteiger partial charge in [-0.15, -0.1) is 0 Å². The first-order chi connectivity index (χ1) is 17.6. The Labute approximate surface area is 196 Å². The maximum atomic E-state index is 12.4. The van der Waals surface area contributed by atoms with Crippen molar-refractivity contribution in [3.63, 3.8) is 0 Å². The Balaban J connectivity index is 1.98. The van der Waals surface area contributed by atoms with Gasteiger partial charge >= 0.3 is 5.97 Å². The van der Waals surface area contributed by atoms with Crippen LogP contribution in [0, 0.1) is 11.3 Å². The second-order valence-electron chi connectivity index (χ2n) is 8.83. The van der Waals surface area contributed by atoms with Crippen LogP contribution >= 0.6 is 0 Å². The lowest BCUT2D eigenvalue weighted by molar-refractivity contribution is -0.166. The topological polar surface area (TPSA) is 82.1 Å². The summed E-state index contributed by atoms with van der Waals surface area (Å²) in [6.07, 6.45) is 1.32. The van der Waals surface area contributed by atoms with Crippen molar-refractivity contribution < 1.29 is 37.1 Å². The number of Topliss-reactive ketones (excluding diaryl/α,β-unsaturated/α-hetero) is 1. The van der Waals surface area contributed by atoms with Crippen molar-refractivity contribution in [2.24, 2.45) is 11.3 Å². The van der Waals surface area contributed by atoms with Gasteiger partial charge in [-0.05, 0) is 48.4 Å². The predicted octanol–water partition coefficient (Wildman–Crippen LogP) is 5.16. The van der Waals surface area contributed by atoms with Crippen molar-refractivity contribution in [1.82, 2.24) is 0 Å². The number of rotatable bonds is 8. The van der Waals surface area contributed by atoms with Crippen LogP contribution in [0.2, 0.25) is 0 Å². The lowest BCUT2D eigenvalue weighted by Crippen LogP contribution is -2.52.